The van der Waals surface area contributed by atoms with Gasteiger partial charge in [-0.2, -0.15) is 10.2 Å². The topological polar surface area (TPSA) is 118 Å². The highest BCUT2D eigenvalue weighted by molar-refractivity contribution is 7.75. The van der Waals surface area contributed by atoms with Crippen LogP contribution in [0.1, 0.15) is 48.4 Å². The molecule has 32 heavy (non-hydrogen) atoms. The first kappa shape index (κ1) is 25.1. The fourth-order valence-corrected chi connectivity index (χ4v) is 4.16. The van der Waals surface area contributed by atoms with Crippen LogP contribution in [-0.2, 0) is 13.6 Å². The van der Waals surface area contributed by atoms with Gasteiger partial charge in [0.2, 0.25) is 0 Å². The second kappa shape index (κ2) is 12.0. The third-order valence-electron chi connectivity index (χ3n) is 3.67. The minimum atomic E-state index is -3.99. The van der Waals surface area contributed by atoms with E-state index >= 15 is 0 Å². The molecule has 0 spiro atoms. The van der Waals surface area contributed by atoms with Crippen LogP contribution in [0.3, 0.4) is 0 Å². The summed E-state index contributed by atoms with van der Waals surface area (Å²) in [6, 6.07) is 16.8. The quantitative estimate of drug-likeness (QED) is 0.314. The second-order valence-electron chi connectivity index (χ2n) is 7.15. The number of nitrogens with zero attached hydrogens (tertiary/aromatic N) is 2. The van der Waals surface area contributed by atoms with Gasteiger partial charge in [-0.05, 0) is 52.0 Å². The van der Waals surface area contributed by atoms with E-state index in [2.05, 4.69) is 21.1 Å². The van der Waals surface area contributed by atoms with Gasteiger partial charge in [0.25, 0.3) is 11.8 Å². The molecule has 0 unspecified atom stereocenters. The molecule has 0 atom stereocenters. The van der Waals surface area contributed by atoms with Crippen LogP contribution in [0.25, 0.3) is 0 Å². The molecule has 0 aliphatic rings. The number of carbonyl (C=O) groups is 2. The molecule has 0 heterocycles. The van der Waals surface area contributed by atoms with Gasteiger partial charge in [0.05, 0.1) is 18.4 Å². The van der Waals surface area contributed by atoms with Gasteiger partial charge < -0.3 is 9.05 Å². The molecule has 0 saturated heterocycles. The standard InChI is InChI=1S/C22H27N4O5P/c1-16(2)30-32(29,31-17(3)4)20(24-26-22(28)19-13-9-6-10-14-19)15-23-25-21(27)18-11-7-5-8-12-18/h5-17H,1-4H3,(H,25,27)(H,26,28)/b23-15+,24-20+. The highest BCUT2D eigenvalue weighted by atomic mass is 31.2. The first-order valence-electron chi connectivity index (χ1n) is 10.00. The predicted octanol–water partition coefficient (Wildman–Crippen LogP) is 4.19. The van der Waals surface area contributed by atoms with Crippen molar-refractivity contribution in [2.75, 3.05) is 0 Å². The Labute approximate surface area is 187 Å². The zero-order chi connectivity index (χ0) is 23.6. The Balaban J connectivity index is 2.30. The maximum atomic E-state index is 13.5. The number of rotatable bonds is 10. The van der Waals surface area contributed by atoms with Gasteiger partial charge in [-0.3, -0.25) is 14.2 Å². The molecular weight excluding hydrogens is 431 g/mol. The molecule has 0 bridgehead atoms. The van der Waals surface area contributed by atoms with Crippen molar-refractivity contribution in [1.29, 1.82) is 0 Å². The third kappa shape index (κ3) is 7.85. The third-order valence-corrected chi connectivity index (χ3v) is 5.84. The highest BCUT2D eigenvalue weighted by Gasteiger charge is 2.34. The first-order valence-corrected chi connectivity index (χ1v) is 11.5. The second-order valence-corrected chi connectivity index (χ2v) is 9.02. The van der Waals surface area contributed by atoms with Gasteiger partial charge in [0.15, 0.2) is 5.45 Å². The zero-order valence-electron chi connectivity index (χ0n) is 18.4. The summed E-state index contributed by atoms with van der Waals surface area (Å²) in [7, 11) is -3.99. The van der Waals surface area contributed by atoms with E-state index in [0.717, 1.165) is 6.21 Å². The molecule has 2 aromatic rings. The summed E-state index contributed by atoms with van der Waals surface area (Å²) in [5.41, 5.74) is 5.15. The van der Waals surface area contributed by atoms with Crippen LogP contribution in [0, 0.1) is 0 Å². The van der Waals surface area contributed by atoms with E-state index in [9.17, 15) is 14.2 Å². The number of benzene rings is 2. The van der Waals surface area contributed by atoms with Gasteiger partial charge in [-0.25, -0.2) is 10.9 Å². The normalized spacial score (nSPS) is 12.4. The Hall–Kier alpha value is -3.13. The number of hydrogen-bond acceptors (Lipinski definition) is 7. The van der Waals surface area contributed by atoms with Crippen LogP contribution in [0.15, 0.2) is 70.9 Å². The Morgan fingerprint density at radius 1 is 0.812 bits per heavy atom. The SMILES string of the molecule is CC(C)OP(=O)(OC(C)C)C(/C=N/NC(=O)c1ccccc1)=N/NC(=O)c1ccccc1. The van der Waals surface area contributed by atoms with E-state index < -0.39 is 31.6 Å². The minimum Gasteiger partial charge on any atom is -0.301 e. The van der Waals surface area contributed by atoms with Crippen molar-refractivity contribution in [3.8, 4) is 0 Å². The lowest BCUT2D eigenvalue weighted by atomic mass is 10.2. The van der Waals surface area contributed by atoms with Crippen LogP contribution < -0.4 is 10.9 Å². The summed E-state index contributed by atoms with van der Waals surface area (Å²) in [4.78, 5) is 24.6. The Morgan fingerprint density at radius 2 is 1.25 bits per heavy atom. The van der Waals surface area contributed by atoms with Gasteiger partial charge in [0.1, 0.15) is 0 Å². The minimum absolute atomic E-state index is 0.266. The molecule has 0 fully saturated rings. The molecule has 2 aromatic carbocycles. The summed E-state index contributed by atoms with van der Waals surface area (Å²) >= 11 is 0. The summed E-state index contributed by atoms with van der Waals surface area (Å²) < 4.78 is 24.6. The predicted molar refractivity (Wildman–Crippen MR) is 124 cm³/mol. The molecule has 170 valence electrons. The fraction of sp³-hybridized carbons (Fsp3) is 0.273. The number of nitrogens with one attached hydrogen (secondary N) is 2. The van der Waals surface area contributed by atoms with Crippen molar-refractivity contribution in [3.05, 3.63) is 71.8 Å². The van der Waals surface area contributed by atoms with Gasteiger partial charge >= 0.3 is 7.60 Å². The van der Waals surface area contributed by atoms with Crippen LogP contribution in [0.5, 0.6) is 0 Å². The van der Waals surface area contributed by atoms with Crippen molar-refractivity contribution >= 4 is 31.1 Å². The molecule has 0 radical (unpaired) electrons. The number of hydrogen-bond donors (Lipinski definition) is 2. The number of hydrazone groups is 2. The Bertz CT molecular complexity index is 993. The van der Waals surface area contributed by atoms with E-state index in [4.69, 9.17) is 9.05 Å². The van der Waals surface area contributed by atoms with E-state index in [-0.39, 0.29) is 5.45 Å². The maximum Gasteiger partial charge on any atom is 0.383 e. The molecule has 9 nitrogen and oxygen atoms in total. The molecule has 10 heteroatoms. The summed E-state index contributed by atoms with van der Waals surface area (Å²) in [5.74, 6) is -0.996. The highest BCUT2D eigenvalue weighted by Crippen LogP contribution is 2.51. The Kier molecular flexibility index (Phi) is 9.46. The van der Waals surface area contributed by atoms with Gasteiger partial charge in [0, 0.05) is 11.1 Å². The molecule has 0 saturated carbocycles. The maximum absolute atomic E-state index is 13.5. The lowest BCUT2D eigenvalue weighted by molar-refractivity contribution is 0.0946. The molecule has 0 aliphatic carbocycles. The van der Waals surface area contributed by atoms with Gasteiger partial charge in [-0.1, -0.05) is 36.4 Å². The molecular formula is C22H27N4O5P. The summed E-state index contributed by atoms with van der Waals surface area (Å²) in [6.07, 6.45) is 0.0984. The summed E-state index contributed by atoms with van der Waals surface area (Å²) in [5, 5.41) is 7.79. The fourth-order valence-electron chi connectivity index (χ4n) is 2.41. The van der Waals surface area contributed by atoms with Crippen molar-refractivity contribution < 1.29 is 23.2 Å². The first-order chi connectivity index (χ1) is 15.2. The molecule has 0 aromatic heterocycles. The van der Waals surface area contributed by atoms with E-state index in [1.165, 1.54) is 0 Å². The van der Waals surface area contributed by atoms with E-state index in [1.54, 1.807) is 88.4 Å². The average molecular weight is 458 g/mol. The monoisotopic (exact) mass is 458 g/mol. The number of carbonyl (C=O) groups excluding carboxylic acids is 2. The molecule has 0 aliphatic heterocycles. The van der Waals surface area contributed by atoms with E-state index in [1.807, 2.05) is 0 Å². The van der Waals surface area contributed by atoms with Crippen LogP contribution >= 0.6 is 7.60 Å². The molecule has 2 N–H and O–H groups in total. The average Bonchev–Trinajstić information content (AvgIpc) is 2.75. The lowest BCUT2D eigenvalue weighted by Gasteiger charge is -2.22. The van der Waals surface area contributed by atoms with Crippen LogP contribution in [0.4, 0.5) is 0 Å². The van der Waals surface area contributed by atoms with Crippen LogP contribution in [0.2, 0.25) is 0 Å². The summed E-state index contributed by atoms with van der Waals surface area (Å²) in [6.45, 7) is 6.74. The van der Waals surface area contributed by atoms with Gasteiger partial charge in [-0.15, -0.1) is 0 Å². The molecule has 2 amide bonds. The largest absolute Gasteiger partial charge is 0.383 e. The van der Waals surface area contributed by atoms with Crippen molar-refractivity contribution in [2.24, 2.45) is 10.2 Å². The number of amides is 2. The van der Waals surface area contributed by atoms with Crippen LogP contribution in [-0.4, -0.2) is 35.7 Å². The van der Waals surface area contributed by atoms with Crippen molar-refractivity contribution in [3.63, 3.8) is 0 Å². The van der Waals surface area contributed by atoms with Crippen molar-refractivity contribution in [1.82, 2.24) is 10.9 Å². The molecule has 2 rings (SSSR count). The van der Waals surface area contributed by atoms with E-state index in [0.29, 0.717) is 11.1 Å². The van der Waals surface area contributed by atoms with Crippen molar-refractivity contribution in [2.45, 2.75) is 39.9 Å². The zero-order valence-corrected chi connectivity index (χ0v) is 19.3. The Morgan fingerprint density at radius 3 is 1.69 bits per heavy atom. The smallest absolute Gasteiger partial charge is 0.301 e. The lowest BCUT2D eigenvalue weighted by Crippen LogP contribution is -2.24.